The number of nitrogens with zero attached hydrogens (tertiary/aromatic N) is 4. The lowest BCUT2D eigenvalue weighted by Gasteiger charge is -2.07. The Hall–Kier alpha value is -3.33. The molecule has 0 saturated carbocycles. The molecule has 0 spiro atoms. The van der Waals surface area contributed by atoms with Gasteiger partial charge in [0.2, 0.25) is 0 Å². The summed E-state index contributed by atoms with van der Waals surface area (Å²) in [4.78, 5) is 24.4. The molecule has 2 aromatic heterocycles. The van der Waals surface area contributed by atoms with Gasteiger partial charge in [0.05, 0.1) is 12.8 Å². The molecular weight excluding hydrogens is 398 g/mol. The van der Waals surface area contributed by atoms with Crippen molar-refractivity contribution in [2.45, 2.75) is 27.1 Å². The van der Waals surface area contributed by atoms with Gasteiger partial charge in [-0.2, -0.15) is 10.2 Å². The maximum Gasteiger partial charge on any atom is 0.360 e. The van der Waals surface area contributed by atoms with Gasteiger partial charge in [0.15, 0.2) is 18.1 Å². The first kappa shape index (κ1) is 20.4. The topological polar surface area (TPSA) is 100 Å². The van der Waals surface area contributed by atoms with Crippen molar-refractivity contribution in [1.82, 2.24) is 19.6 Å². The Morgan fingerprint density at radius 3 is 2.69 bits per heavy atom. The monoisotopic (exact) mass is 417 g/mol. The van der Waals surface area contributed by atoms with Gasteiger partial charge in [0, 0.05) is 24.0 Å². The summed E-state index contributed by atoms with van der Waals surface area (Å²) in [6, 6.07) is 6.88. The fraction of sp³-hybridized carbons (Fsp3) is 0.263. The van der Waals surface area contributed by atoms with Crippen molar-refractivity contribution in [1.29, 1.82) is 0 Å². The Bertz CT molecular complexity index is 1040. The first-order valence-corrected chi connectivity index (χ1v) is 9.18. The Balaban J connectivity index is 1.67. The first-order chi connectivity index (χ1) is 13.9. The summed E-state index contributed by atoms with van der Waals surface area (Å²) >= 11 is 6.00. The second-order valence-electron chi connectivity index (χ2n) is 6.12. The van der Waals surface area contributed by atoms with Gasteiger partial charge in [-0.05, 0) is 43.7 Å². The smallest absolute Gasteiger partial charge is 0.360 e. The lowest BCUT2D eigenvalue weighted by atomic mass is 10.2. The molecule has 9 nitrogen and oxygen atoms in total. The van der Waals surface area contributed by atoms with Gasteiger partial charge in [0.25, 0.3) is 5.91 Å². The Kier molecular flexibility index (Phi) is 6.18. The largest absolute Gasteiger partial charge is 0.471 e. The fourth-order valence-corrected chi connectivity index (χ4v) is 2.63. The minimum atomic E-state index is -0.635. The summed E-state index contributed by atoms with van der Waals surface area (Å²) in [5.74, 6) is -0.473. The van der Waals surface area contributed by atoms with Crippen LogP contribution in [0.4, 0.5) is 5.69 Å². The van der Waals surface area contributed by atoms with Crippen LogP contribution in [-0.2, 0) is 18.0 Å². The number of rotatable bonds is 7. The van der Waals surface area contributed by atoms with Crippen LogP contribution in [0.15, 0.2) is 36.7 Å². The van der Waals surface area contributed by atoms with Crippen molar-refractivity contribution >= 4 is 29.2 Å². The number of aryl methyl sites for hydroxylation is 2. The molecule has 1 aromatic carbocycles. The molecule has 0 radical (unpaired) electrons. The Labute approximate surface area is 172 Å². The third-order valence-electron chi connectivity index (χ3n) is 4.08. The molecule has 0 unspecified atom stereocenters. The molecule has 2 heterocycles. The van der Waals surface area contributed by atoms with Crippen LogP contribution >= 0.6 is 11.6 Å². The molecule has 0 aliphatic heterocycles. The number of methoxy groups -OCH3 is 1. The SMILES string of the molecule is CCn1cc(NC(=O)c2ccn(COc3ccc(Cl)c(C)c3)n2)c(C(=O)OC)n1. The number of nitrogens with one attached hydrogen (secondary N) is 1. The van der Waals surface area contributed by atoms with Crippen molar-refractivity contribution in [3.63, 3.8) is 0 Å². The molecule has 3 rings (SSSR count). The third-order valence-corrected chi connectivity index (χ3v) is 4.50. The number of anilines is 1. The highest BCUT2D eigenvalue weighted by molar-refractivity contribution is 6.31. The zero-order valence-corrected chi connectivity index (χ0v) is 16.9. The van der Waals surface area contributed by atoms with Gasteiger partial charge in [-0.25, -0.2) is 9.48 Å². The quantitative estimate of drug-likeness (QED) is 0.593. The molecule has 29 heavy (non-hydrogen) atoms. The molecule has 1 amide bonds. The Morgan fingerprint density at radius 2 is 2.00 bits per heavy atom. The van der Waals surface area contributed by atoms with E-state index in [0.29, 0.717) is 17.3 Å². The molecule has 0 saturated heterocycles. The zero-order valence-electron chi connectivity index (χ0n) is 16.2. The number of benzene rings is 1. The minimum Gasteiger partial charge on any atom is -0.471 e. The minimum absolute atomic E-state index is 0.0311. The van der Waals surface area contributed by atoms with Crippen LogP contribution in [0.3, 0.4) is 0 Å². The number of carbonyl (C=O) groups is 2. The molecule has 10 heteroatoms. The number of carbonyl (C=O) groups excluding carboxylic acids is 2. The van der Waals surface area contributed by atoms with Crippen molar-refractivity contribution in [2.75, 3.05) is 12.4 Å². The number of esters is 1. The van der Waals surface area contributed by atoms with Crippen LogP contribution < -0.4 is 10.1 Å². The van der Waals surface area contributed by atoms with E-state index in [1.807, 2.05) is 19.9 Å². The van der Waals surface area contributed by atoms with E-state index in [-0.39, 0.29) is 23.8 Å². The van der Waals surface area contributed by atoms with Gasteiger partial charge >= 0.3 is 5.97 Å². The number of amides is 1. The summed E-state index contributed by atoms with van der Waals surface area (Å²) in [7, 11) is 1.25. The van der Waals surface area contributed by atoms with Crippen LogP contribution in [-0.4, -0.2) is 38.5 Å². The maximum atomic E-state index is 12.5. The van der Waals surface area contributed by atoms with Crippen LogP contribution in [0, 0.1) is 6.92 Å². The van der Waals surface area contributed by atoms with Gasteiger partial charge in [-0.15, -0.1) is 0 Å². The number of halogens is 1. The van der Waals surface area contributed by atoms with Crippen molar-refractivity contribution in [3.05, 3.63) is 58.6 Å². The second-order valence-corrected chi connectivity index (χ2v) is 6.52. The van der Waals surface area contributed by atoms with E-state index in [1.54, 1.807) is 30.6 Å². The average molecular weight is 418 g/mol. The van der Waals surface area contributed by atoms with Crippen molar-refractivity contribution in [3.8, 4) is 5.75 Å². The van der Waals surface area contributed by atoms with Crippen LogP contribution in [0.5, 0.6) is 5.75 Å². The van der Waals surface area contributed by atoms with Gasteiger partial charge in [-0.3, -0.25) is 9.48 Å². The fourth-order valence-electron chi connectivity index (χ4n) is 2.51. The molecule has 1 N–H and O–H groups in total. The van der Waals surface area contributed by atoms with E-state index < -0.39 is 11.9 Å². The second kappa shape index (κ2) is 8.78. The molecule has 0 aliphatic rings. The molecule has 3 aromatic rings. The molecule has 0 atom stereocenters. The number of hydrogen-bond donors (Lipinski definition) is 1. The standard InChI is InChI=1S/C19H20ClN5O4/c1-4-24-10-16(17(23-24)19(27)28-3)21-18(26)15-7-8-25(22-15)11-29-13-5-6-14(20)12(2)9-13/h5-10H,4,11H2,1-3H3,(H,21,26). The summed E-state index contributed by atoms with van der Waals surface area (Å²) in [5, 5.41) is 11.6. The normalized spacial score (nSPS) is 10.6. The summed E-state index contributed by atoms with van der Waals surface area (Å²) < 4.78 is 13.4. The van der Waals surface area contributed by atoms with E-state index in [0.717, 1.165) is 5.56 Å². The predicted molar refractivity (Wildman–Crippen MR) is 106 cm³/mol. The lowest BCUT2D eigenvalue weighted by Crippen LogP contribution is -2.16. The first-order valence-electron chi connectivity index (χ1n) is 8.80. The molecule has 152 valence electrons. The Morgan fingerprint density at radius 1 is 1.21 bits per heavy atom. The molecule has 0 fully saturated rings. The zero-order chi connectivity index (χ0) is 21.0. The highest BCUT2D eigenvalue weighted by atomic mass is 35.5. The predicted octanol–water partition coefficient (Wildman–Crippen LogP) is 3.14. The van der Waals surface area contributed by atoms with Gasteiger partial charge in [0.1, 0.15) is 5.75 Å². The van der Waals surface area contributed by atoms with Crippen LogP contribution in [0.1, 0.15) is 33.5 Å². The van der Waals surface area contributed by atoms with E-state index >= 15 is 0 Å². The number of aromatic nitrogens is 4. The third kappa shape index (κ3) is 4.75. The van der Waals surface area contributed by atoms with E-state index in [4.69, 9.17) is 21.1 Å². The number of hydrogen-bond acceptors (Lipinski definition) is 6. The van der Waals surface area contributed by atoms with Gasteiger partial charge in [-0.1, -0.05) is 11.6 Å². The highest BCUT2D eigenvalue weighted by Gasteiger charge is 2.20. The van der Waals surface area contributed by atoms with Crippen molar-refractivity contribution < 1.29 is 19.1 Å². The van der Waals surface area contributed by atoms with Crippen LogP contribution in [0.2, 0.25) is 5.02 Å². The van der Waals surface area contributed by atoms with E-state index in [1.165, 1.54) is 16.5 Å². The van der Waals surface area contributed by atoms with E-state index in [2.05, 4.69) is 15.5 Å². The van der Waals surface area contributed by atoms with Gasteiger partial charge < -0.3 is 14.8 Å². The number of ether oxygens (including phenoxy) is 2. The molecular formula is C19H20ClN5O4. The van der Waals surface area contributed by atoms with Crippen molar-refractivity contribution in [2.24, 2.45) is 0 Å². The lowest BCUT2D eigenvalue weighted by molar-refractivity contribution is 0.0594. The summed E-state index contributed by atoms with van der Waals surface area (Å²) in [5.41, 5.74) is 1.36. The summed E-state index contributed by atoms with van der Waals surface area (Å²) in [6.07, 6.45) is 3.18. The highest BCUT2D eigenvalue weighted by Crippen LogP contribution is 2.21. The molecule has 0 aliphatic carbocycles. The molecule has 0 bridgehead atoms. The maximum absolute atomic E-state index is 12.5. The van der Waals surface area contributed by atoms with E-state index in [9.17, 15) is 9.59 Å². The van der Waals surface area contributed by atoms with Crippen LogP contribution in [0.25, 0.3) is 0 Å². The average Bonchev–Trinajstić information content (AvgIpc) is 3.35. The summed E-state index contributed by atoms with van der Waals surface area (Å²) in [6.45, 7) is 4.41.